The highest BCUT2D eigenvalue weighted by atomic mass is 35.5. The predicted octanol–water partition coefficient (Wildman–Crippen LogP) is 3.55. The minimum atomic E-state index is -3.18. The molecule has 2 aliphatic rings. The molecule has 5 nitrogen and oxygen atoms in total. The van der Waals surface area contributed by atoms with Gasteiger partial charge in [0.1, 0.15) is 5.65 Å². The summed E-state index contributed by atoms with van der Waals surface area (Å²) in [6.07, 6.45) is 7.39. The molecule has 0 atom stereocenters. The normalized spacial score (nSPS) is 17.6. The molecule has 26 heavy (non-hydrogen) atoms. The summed E-state index contributed by atoms with van der Waals surface area (Å²) in [5.74, 6) is 0.514. The highest BCUT2D eigenvalue weighted by Crippen LogP contribution is 2.35. The third kappa shape index (κ3) is 4.64. The molecule has 0 bridgehead atoms. The Morgan fingerprint density at radius 1 is 1.27 bits per heavy atom. The standard InChI is InChI=1S/C17H19N3O2S2.2ClH/c21-24(22,12-13-4-7-18-8-5-13)9-6-15-10-14-11-19-16-2-1-3-17(23-15)20(14)16;;/h1-3,6,9-11,13,18H,4-5,7-8,12H2;2*1H/b9-6+;;. The molecule has 2 aromatic rings. The van der Waals surface area contributed by atoms with Gasteiger partial charge in [-0.1, -0.05) is 17.8 Å². The number of hydrogen-bond acceptors (Lipinski definition) is 5. The maximum absolute atomic E-state index is 12.4. The summed E-state index contributed by atoms with van der Waals surface area (Å²) in [4.78, 5) is 5.29. The van der Waals surface area contributed by atoms with Crippen LogP contribution in [0.25, 0.3) is 11.7 Å². The van der Waals surface area contributed by atoms with Gasteiger partial charge in [0.2, 0.25) is 0 Å². The quantitative estimate of drug-likeness (QED) is 0.798. The fourth-order valence-electron chi connectivity index (χ4n) is 3.19. The molecular formula is C17H21Cl2N3O2S2. The lowest BCUT2D eigenvalue weighted by Crippen LogP contribution is -2.31. The van der Waals surface area contributed by atoms with Crippen LogP contribution in [0.1, 0.15) is 18.5 Å². The Morgan fingerprint density at radius 2 is 2.04 bits per heavy atom. The molecule has 1 N–H and O–H groups in total. The van der Waals surface area contributed by atoms with Gasteiger partial charge in [-0.25, -0.2) is 13.4 Å². The molecule has 2 aromatic heterocycles. The number of hydrogen-bond donors (Lipinski definition) is 1. The van der Waals surface area contributed by atoms with E-state index in [4.69, 9.17) is 0 Å². The van der Waals surface area contributed by atoms with Crippen LogP contribution in [0, 0.1) is 5.92 Å². The second-order valence-electron chi connectivity index (χ2n) is 6.22. The number of thioether (sulfide) groups is 1. The van der Waals surface area contributed by atoms with Gasteiger partial charge in [0.25, 0.3) is 0 Å². The van der Waals surface area contributed by atoms with Crippen molar-refractivity contribution in [3.05, 3.63) is 46.5 Å². The highest BCUT2D eigenvalue weighted by Gasteiger charge is 2.20. The van der Waals surface area contributed by atoms with E-state index in [2.05, 4.69) is 14.7 Å². The molecule has 9 heteroatoms. The summed E-state index contributed by atoms with van der Waals surface area (Å²) in [5, 5.41) is 5.70. The first-order chi connectivity index (χ1) is 11.6. The fraction of sp³-hybridized carbons (Fsp3) is 0.353. The Bertz CT molecular complexity index is 933. The van der Waals surface area contributed by atoms with E-state index in [1.54, 1.807) is 17.8 Å². The van der Waals surface area contributed by atoms with Gasteiger partial charge in [0.05, 0.1) is 22.7 Å². The average Bonchev–Trinajstić information content (AvgIpc) is 2.99. The van der Waals surface area contributed by atoms with Crippen LogP contribution < -0.4 is 5.32 Å². The Labute approximate surface area is 170 Å². The van der Waals surface area contributed by atoms with Crippen molar-refractivity contribution >= 4 is 58.1 Å². The third-order valence-corrected chi connectivity index (χ3v) is 6.90. The van der Waals surface area contributed by atoms with Crippen LogP contribution in [0.3, 0.4) is 0 Å². The SMILES string of the molecule is Cl.Cl.O=S(=O)(/C=C/C1=Cc2cnc3cccc(n23)S1)CC1CCNCC1. The summed E-state index contributed by atoms with van der Waals surface area (Å²) in [5.41, 5.74) is 1.89. The molecule has 0 saturated carbocycles. The predicted molar refractivity (Wildman–Crippen MR) is 112 cm³/mol. The zero-order valence-electron chi connectivity index (χ0n) is 14.0. The van der Waals surface area contributed by atoms with Gasteiger partial charge in [0.15, 0.2) is 9.84 Å². The number of halogens is 2. The van der Waals surface area contributed by atoms with Crippen LogP contribution in [-0.4, -0.2) is 36.6 Å². The number of aromatic nitrogens is 2. The van der Waals surface area contributed by atoms with E-state index in [-0.39, 0.29) is 36.5 Å². The van der Waals surface area contributed by atoms with Crippen LogP contribution in [0.2, 0.25) is 0 Å². The second kappa shape index (κ2) is 8.80. The smallest absolute Gasteiger partial charge is 0.171 e. The van der Waals surface area contributed by atoms with Gasteiger partial charge in [-0.3, -0.25) is 4.40 Å². The van der Waals surface area contributed by atoms with Gasteiger partial charge in [-0.2, -0.15) is 0 Å². The highest BCUT2D eigenvalue weighted by molar-refractivity contribution is 8.03. The maximum atomic E-state index is 12.4. The van der Waals surface area contributed by atoms with Crippen molar-refractivity contribution in [2.45, 2.75) is 17.9 Å². The molecule has 0 unspecified atom stereocenters. The van der Waals surface area contributed by atoms with Gasteiger partial charge >= 0.3 is 0 Å². The van der Waals surface area contributed by atoms with Gasteiger partial charge in [-0.15, -0.1) is 24.8 Å². The van der Waals surface area contributed by atoms with Gasteiger partial charge in [0, 0.05) is 10.3 Å². The summed E-state index contributed by atoms with van der Waals surface area (Å²) >= 11 is 1.56. The molecule has 1 saturated heterocycles. The van der Waals surface area contributed by atoms with Crippen molar-refractivity contribution in [2.75, 3.05) is 18.8 Å². The summed E-state index contributed by atoms with van der Waals surface area (Å²) in [7, 11) is -3.18. The molecule has 4 rings (SSSR count). The molecule has 0 spiro atoms. The Morgan fingerprint density at radius 3 is 2.81 bits per heavy atom. The first-order valence-corrected chi connectivity index (χ1v) is 10.6. The van der Waals surface area contributed by atoms with E-state index in [9.17, 15) is 8.42 Å². The monoisotopic (exact) mass is 433 g/mol. The number of pyridine rings is 1. The van der Waals surface area contributed by atoms with E-state index in [1.165, 1.54) is 5.41 Å². The fourth-order valence-corrected chi connectivity index (χ4v) is 5.73. The number of imidazole rings is 1. The van der Waals surface area contributed by atoms with E-state index >= 15 is 0 Å². The maximum Gasteiger partial charge on any atom is 0.171 e. The van der Waals surface area contributed by atoms with Crippen LogP contribution in [0.15, 0.2) is 45.8 Å². The van der Waals surface area contributed by atoms with Crippen LogP contribution in [0.5, 0.6) is 0 Å². The number of sulfone groups is 1. The van der Waals surface area contributed by atoms with E-state index < -0.39 is 9.84 Å². The average molecular weight is 434 g/mol. The molecule has 0 radical (unpaired) electrons. The molecule has 0 amide bonds. The Hall–Kier alpha value is -0.990. The molecule has 0 aliphatic carbocycles. The molecular weight excluding hydrogens is 413 g/mol. The molecule has 4 heterocycles. The largest absolute Gasteiger partial charge is 0.317 e. The van der Waals surface area contributed by atoms with Crippen molar-refractivity contribution in [3.63, 3.8) is 0 Å². The minimum Gasteiger partial charge on any atom is -0.317 e. The van der Waals surface area contributed by atoms with Crippen molar-refractivity contribution < 1.29 is 8.42 Å². The van der Waals surface area contributed by atoms with Crippen LogP contribution in [-0.2, 0) is 9.84 Å². The molecule has 2 aliphatic heterocycles. The zero-order valence-corrected chi connectivity index (χ0v) is 17.3. The van der Waals surface area contributed by atoms with Crippen molar-refractivity contribution in [2.24, 2.45) is 5.92 Å². The minimum absolute atomic E-state index is 0. The summed E-state index contributed by atoms with van der Waals surface area (Å²) in [6, 6.07) is 5.95. The lowest BCUT2D eigenvalue weighted by Gasteiger charge is -2.21. The topological polar surface area (TPSA) is 63.5 Å². The summed E-state index contributed by atoms with van der Waals surface area (Å²) < 4.78 is 26.8. The van der Waals surface area contributed by atoms with Crippen molar-refractivity contribution in [1.82, 2.24) is 14.7 Å². The Kier molecular flexibility index (Phi) is 7.21. The van der Waals surface area contributed by atoms with E-state index in [0.717, 1.165) is 47.2 Å². The van der Waals surface area contributed by atoms with E-state index in [1.807, 2.05) is 30.5 Å². The van der Waals surface area contributed by atoms with E-state index in [0.29, 0.717) is 0 Å². The van der Waals surface area contributed by atoms with Crippen molar-refractivity contribution in [1.29, 1.82) is 0 Å². The van der Waals surface area contributed by atoms with Crippen LogP contribution >= 0.6 is 36.6 Å². The number of nitrogens with zero attached hydrogens (tertiary/aromatic N) is 2. The zero-order chi connectivity index (χ0) is 16.6. The number of piperidine rings is 1. The Balaban J connectivity index is 0.00000121. The van der Waals surface area contributed by atoms with Crippen molar-refractivity contribution in [3.8, 4) is 0 Å². The lowest BCUT2D eigenvalue weighted by atomic mass is 10.0. The van der Waals surface area contributed by atoms with Gasteiger partial charge in [-0.05, 0) is 56.1 Å². The number of allylic oxidation sites excluding steroid dienone is 1. The molecule has 142 valence electrons. The number of nitrogens with one attached hydrogen (secondary N) is 1. The summed E-state index contributed by atoms with van der Waals surface area (Å²) in [6.45, 7) is 1.83. The first kappa shape index (κ1) is 21.3. The second-order valence-corrected chi connectivity index (χ2v) is 9.24. The molecule has 1 fully saturated rings. The number of rotatable bonds is 4. The molecule has 0 aromatic carbocycles. The van der Waals surface area contributed by atoms with Gasteiger partial charge < -0.3 is 5.32 Å². The lowest BCUT2D eigenvalue weighted by molar-refractivity contribution is 0.402. The third-order valence-electron chi connectivity index (χ3n) is 4.40. The first-order valence-electron chi connectivity index (χ1n) is 8.08. The van der Waals surface area contributed by atoms with Crippen LogP contribution in [0.4, 0.5) is 0 Å².